The Hall–Kier alpha value is -1.88. The van der Waals surface area contributed by atoms with Crippen LogP contribution in [-0.2, 0) is 6.54 Å². The molecular formula is C16H23N5. The third kappa shape index (κ3) is 3.08. The van der Waals surface area contributed by atoms with E-state index in [1.54, 1.807) is 6.20 Å². The van der Waals surface area contributed by atoms with Crippen molar-refractivity contribution < 1.29 is 0 Å². The number of rotatable bonds is 4. The monoisotopic (exact) mass is 285 g/mol. The maximum atomic E-state index is 5.78. The molecule has 0 amide bonds. The molecule has 0 spiro atoms. The molecule has 5 heteroatoms. The van der Waals surface area contributed by atoms with Gasteiger partial charge in [0.1, 0.15) is 5.82 Å². The summed E-state index contributed by atoms with van der Waals surface area (Å²) in [6.07, 6.45) is 6.83. The topological polar surface area (TPSA) is 60.0 Å². The molecule has 2 aromatic rings. The Morgan fingerprint density at radius 3 is 3.00 bits per heavy atom. The van der Waals surface area contributed by atoms with Gasteiger partial charge in [0.15, 0.2) is 0 Å². The van der Waals surface area contributed by atoms with E-state index >= 15 is 0 Å². The van der Waals surface area contributed by atoms with Gasteiger partial charge in [-0.05, 0) is 44.9 Å². The van der Waals surface area contributed by atoms with E-state index in [0.29, 0.717) is 17.8 Å². The Kier molecular flexibility index (Phi) is 3.92. The highest BCUT2D eigenvalue weighted by Crippen LogP contribution is 2.24. The first-order valence-electron chi connectivity index (χ1n) is 7.59. The van der Waals surface area contributed by atoms with Crippen LogP contribution in [0.5, 0.6) is 0 Å². The molecule has 5 nitrogen and oxygen atoms in total. The number of anilines is 1. The van der Waals surface area contributed by atoms with Gasteiger partial charge in [-0.25, -0.2) is 9.97 Å². The molecule has 1 fully saturated rings. The van der Waals surface area contributed by atoms with Crippen LogP contribution in [0.25, 0.3) is 11.3 Å². The molecule has 1 aliphatic rings. The first kappa shape index (κ1) is 14.1. The molecule has 0 aromatic carbocycles. The van der Waals surface area contributed by atoms with E-state index in [1.165, 1.54) is 19.5 Å². The van der Waals surface area contributed by atoms with Crippen LogP contribution in [0, 0.1) is 5.92 Å². The molecule has 0 aliphatic carbocycles. The molecule has 1 unspecified atom stereocenters. The van der Waals surface area contributed by atoms with Crippen molar-refractivity contribution in [1.82, 2.24) is 19.4 Å². The van der Waals surface area contributed by atoms with Gasteiger partial charge < -0.3 is 15.2 Å². The van der Waals surface area contributed by atoms with Crippen molar-refractivity contribution in [1.29, 1.82) is 0 Å². The summed E-state index contributed by atoms with van der Waals surface area (Å²) in [4.78, 5) is 10.9. The smallest absolute Gasteiger partial charge is 0.123 e. The summed E-state index contributed by atoms with van der Waals surface area (Å²) in [5.41, 5.74) is 7.98. The summed E-state index contributed by atoms with van der Waals surface area (Å²) in [7, 11) is 0. The lowest BCUT2D eigenvalue weighted by atomic mass is 10.1. The minimum Gasteiger partial charge on any atom is -0.384 e. The molecular weight excluding hydrogens is 262 g/mol. The molecule has 3 rings (SSSR count). The normalized spacial score (nSPS) is 19.5. The molecule has 1 atom stereocenters. The Morgan fingerprint density at radius 1 is 1.43 bits per heavy atom. The first-order chi connectivity index (χ1) is 10.1. The van der Waals surface area contributed by atoms with Gasteiger partial charge in [-0.15, -0.1) is 0 Å². The molecule has 0 bridgehead atoms. The molecule has 1 saturated heterocycles. The lowest BCUT2D eigenvalue weighted by Gasteiger charge is -2.20. The van der Waals surface area contributed by atoms with Gasteiger partial charge in [0.05, 0.1) is 18.2 Å². The highest BCUT2D eigenvalue weighted by Gasteiger charge is 2.24. The fourth-order valence-electron chi connectivity index (χ4n) is 3.07. The predicted octanol–water partition coefficient (Wildman–Crippen LogP) is 2.26. The van der Waals surface area contributed by atoms with Gasteiger partial charge in [-0.3, -0.25) is 0 Å². The molecule has 21 heavy (non-hydrogen) atoms. The average Bonchev–Trinajstić information content (AvgIpc) is 3.08. The molecule has 1 aliphatic heterocycles. The zero-order valence-corrected chi connectivity index (χ0v) is 12.7. The first-order valence-corrected chi connectivity index (χ1v) is 7.59. The van der Waals surface area contributed by atoms with E-state index in [1.807, 2.05) is 24.7 Å². The van der Waals surface area contributed by atoms with E-state index in [2.05, 4.69) is 33.3 Å². The van der Waals surface area contributed by atoms with Crippen LogP contribution in [-0.4, -0.2) is 38.6 Å². The molecule has 3 heterocycles. The molecule has 2 N–H and O–H groups in total. The van der Waals surface area contributed by atoms with Gasteiger partial charge in [0, 0.05) is 30.9 Å². The van der Waals surface area contributed by atoms with Crippen molar-refractivity contribution in [2.75, 3.05) is 18.8 Å². The fourth-order valence-corrected chi connectivity index (χ4v) is 3.07. The number of hydrogen-bond acceptors (Lipinski definition) is 4. The highest BCUT2D eigenvalue weighted by molar-refractivity contribution is 5.61. The van der Waals surface area contributed by atoms with Gasteiger partial charge in [0.2, 0.25) is 0 Å². The van der Waals surface area contributed by atoms with E-state index in [4.69, 9.17) is 5.73 Å². The lowest BCUT2D eigenvalue weighted by Crippen LogP contribution is -2.28. The minimum absolute atomic E-state index is 0.548. The SMILES string of the molecule is CC(C)N1CCC(Cn2cncc2-c2ccnc(N)c2)C1. The average molecular weight is 285 g/mol. The number of nitrogen functional groups attached to an aromatic ring is 1. The zero-order valence-electron chi connectivity index (χ0n) is 12.7. The standard InChI is InChI=1S/C16H23N5/c1-12(2)20-6-4-13(9-20)10-21-11-18-8-15(21)14-3-5-19-16(17)7-14/h3,5,7-8,11-13H,4,6,9-10H2,1-2H3,(H2,17,19). The predicted molar refractivity (Wildman–Crippen MR) is 84.7 cm³/mol. The second-order valence-corrected chi connectivity index (χ2v) is 6.14. The van der Waals surface area contributed by atoms with Crippen LogP contribution in [0.15, 0.2) is 30.9 Å². The van der Waals surface area contributed by atoms with Crippen molar-refractivity contribution in [3.63, 3.8) is 0 Å². The Labute approximate surface area is 125 Å². The Morgan fingerprint density at radius 2 is 2.29 bits per heavy atom. The third-order valence-electron chi connectivity index (χ3n) is 4.29. The number of likely N-dealkylation sites (tertiary alicyclic amines) is 1. The van der Waals surface area contributed by atoms with Gasteiger partial charge in [-0.1, -0.05) is 0 Å². The van der Waals surface area contributed by atoms with Crippen LogP contribution >= 0.6 is 0 Å². The largest absolute Gasteiger partial charge is 0.384 e. The fraction of sp³-hybridized carbons (Fsp3) is 0.500. The second-order valence-electron chi connectivity index (χ2n) is 6.14. The number of imidazole rings is 1. The second kappa shape index (κ2) is 5.85. The quantitative estimate of drug-likeness (QED) is 0.936. The molecule has 0 radical (unpaired) electrons. The maximum Gasteiger partial charge on any atom is 0.123 e. The number of nitrogens with two attached hydrogens (primary N) is 1. The van der Waals surface area contributed by atoms with Gasteiger partial charge in [0.25, 0.3) is 0 Å². The van der Waals surface area contributed by atoms with E-state index < -0.39 is 0 Å². The molecule has 2 aromatic heterocycles. The number of pyridine rings is 1. The highest BCUT2D eigenvalue weighted by atomic mass is 15.2. The van der Waals surface area contributed by atoms with Crippen molar-refractivity contribution in [2.24, 2.45) is 5.92 Å². The summed E-state index contributed by atoms with van der Waals surface area (Å²) < 4.78 is 2.24. The van der Waals surface area contributed by atoms with Crippen LogP contribution in [0.2, 0.25) is 0 Å². The Bertz CT molecular complexity index is 604. The van der Waals surface area contributed by atoms with Gasteiger partial charge in [-0.2, -0.15) is 0 Å². The summed E-state index contributed by atoms with van der Waals surface area (Å²) in [5, 5.41) is 0. The number of nitrogens with zero attached hydrogens (tertiary/aromatic N) is 4. The number of aromatic nitrogens is 3. The van der Waals surface area contributed by atoms with Crippen LogP contribution in [0.1, 0.15) is 20.3 Å². The van der Waals surface area contributed by atoms with Crippen molar-refractivity contribution in [3.8, 4) is 11.3 Å². The van der Waals surface area contributed by atoms with Gasteiger partial charge >= 0.3 is 0 Å². The Balaban J connectivity index is 1.75. The summed E-state index contributed by atoms with van der Waals surface area (Å²) >= 11 is 0. The van der Waals surface area contributed by atoms with Crippen molar-refractivity contribution in [3.05, 3.63) is 30.9 Å². The van der Waals surface area contributed by atoms with E-state index in [9.17, 15) is 0 Å². The maximum absolute atomic E-state index is 5.78. The van der Waals surface area contributed by atoms with E-state index in [0.717, 1.165) is 17.8 Å². The van der Waals surface area contributed by atoms with Crippen molar-refractivity contribution >= 4 is 5.82 Å². The number of hydrogen-bond donors (Lipinski definition) is 1. The minimum atomic E-state index is 0.548. The summed E-state index contributed by atoms with van der Waals surface area (Å²) in [6.45, 7) is 7.93. The van der Waals surface area contributed by atoms with E-state index in [-0.39, 0.29) is 0 Å². The van der Waals surface area contributed by atoms with Crippen LogP contribution in [0.3, 0.4) is 0 Å². The van der Waals surface area contributed by atoms with Crippen LogP contribution < -0.4 is 5.73 Å². The van der Waals surface area contributed by atoms with Crippen molar-refractivity contribution in [2.45, 2.75) is 32.9 Å². The lowest BCUT2D eigenvalue weighted by molar-refractivity contribution is 0.261. The zero-order chi connectivity index (χ0) is 14.8. The van der Waals surface area contributed by atoms with Crippen LogP contribution in [0.4, 0.5) is 5.82 Å². The third-order valence-corrected chi connectivity index (χ3v) is 4.29. The summed E-state index contributed by atoms with van der Waals surface area (Å²) in [5.74, 6) is 1.24. The molecule has 112 valence electrons. The summed E-state index contributed by atoms with van der Waals surface area (Å²) in [6, 6.07) is 4.53. The molecule has 0 saturated carbocycles.